The fourth-order valence-electron chi connectivity index (χ4n) is 2.92. The van der Waals surface area contributed by atoms with E-state index in [1.807, 2.05) is 11.9 Å². The zero-order chi connectivity index (χ0) is 17.1. The largest absolute Gasteiger partial charge is 0.444 e. The number of cyclic esters (lactones) is 1. The van der Waals surface area contributed by atoms with Gasteiger partial charge in [-0.2, -0.15) is 0 Å². The number of carbonyl (C=O) groups excluding carboxylic acids is 1. The second-order valence-corrected chi connectivity index (χ2v) is 5.96. The number of ether oxygens (including phenoxy) is 1. The lowest BCUT2D eigenvalue weighted by molar-refractivity contribution is 0.145. The minimum atomic E-state index is -0.556. The molecule has 2 aliphatic heterocycles. The molecule has 9 heteroatoms. The number of carbonyl (C=O) groups is 1. The minimum Gasteiger partial charge on any atom is -0.444 e. The predicted molar refractivity (Wildman–Crippen MR) is 87.7 cm³/mol. The van der Waals surface area contributed by atoms with Crippen molar-refractivity contribution in [1.29, 1.82) is 0 Å². The minimum absolute atomic E-state index is 0.0700. The Bertz CT molecular complexity index is 670. The number of anilines is 2. The summed E-state index contributed by atoms with van der Waals surface area (Å²) in [7, 11) is 2.04. The van der Waals surface area contributed by atoms with Crippen LogP contribution < -0.4 is 9.80 Å². The quantitative estimate of drug-likeness (QED) is 0.480. The average molecular weight is 334 g/mol. The summed E-state index contributed by atoms with van der Waals surface area (Å²) in [5.74, 6) is -0.358. The summed E-state index contributed by atoms with van der Waals surface area (Å²) < 4.78 is 19.6. The summed E-state index contributed by atoms with van der Waals surface area (Å²) in [6, 6.07) is 4.77. The zero-order valence-electron chi connectivity index (χ0n) is 13.4. The van der Waals surface area contributed by atoms with Gasteiger partial charge in [-0.1, -0.05) is 5.11 Å². The van der Waals surface area contributed by atoms with Gasteiger partial charge in [0.25, 0.3) is 0 Å². The molecule has 0 aliphatic carbocycles. The first-order chi connectivity index (χ1) is 11.6. The Morgan fingerprint density at radius 1 is 1.38 bits per heavy atom. The van der Waals surface area contributed by atoms with Gasteiger partial charge in [0.15, 0.2) is 0 Å². The van der Waals surface area contributed by atoms with Crippen molar-refractivity contribution >= 4 is 17.5 Å². The smallest absolute Gasteiger partial charge is 0.414 e. The molecule has 1 aromatic carbocycles. The van der Waals surface area contributed by atoms with Crippen LogP contribution in [-0.2, 0) is 4.74 Å². The first-order valence-corrected chi connectivity index (χ1v) is 7.80. The summed E-state index contributed by atoms with van der Waals surface area (Å²) in [4.78, 5) is 20.1. The molecule has 128 valence electrons. The van der Waals surface area contributed by atoms with Crippen LogP contribution in [-0.4, -0.2) is 63.4 Å². The van der Waals surface area contributed by atoms with Crippen molar-refractivity contribution in [1.82, 2.24) is 4.90 Å². The van der Waals surface area contributed by atoms with E-state index in [2.05, 4.69) is 14.9 Å². The van der Waals surface area contributed by atoms with Crippen LogP contribution in [0.1, 0.15) is 0 Å². The van der Waals surface area contributed by atoms with Crippen LogP contribution in [0.5, 0.6) is 0 Å². The van der Waals surface area contributed by atoms with Gasteiger partial charge in [-0.25, -0.2) is 9.18 Å². The first-order valence-electron chi connectivity index (χ1n) is 7.80. The number of halogens is 1. The molecule has 0 unspecified atom stereocenters. The second-order valence-electron chi connectivity index (χ2n) is 5.96. The van der Waals surface area contributed by atoms with Gasteiger partial charge in [-0.3, -0.25) is 4.90 Å². The van der Waals surface area contributed by atoms with Crippen LogP contribution in [0.2, 0.25) is 0 Å². The highest BCUT2D eigenvalue weighted by Crippen LogP contribution is 2.28. The van der Waals surface area contributed by atoms with Crippen LogP contribution in [0.25, 0.3) is 10.4 Å². The molecule has 0 radical (unpaired) electrons. The van der Waals surface area contributed by atoms with E-state index in [0.717, 1.165) is 26.2 Å². The molecular weight excluding hydrogens is 315 g/mol. The normalized spacial score (nSPS) is 21.6. The molecule has 0 N–H and O–H groups in total. The van der Waals surface area contributed by atoms with E-state index < -0.39 is 12.2 Å². The number of hydrogen-bond acceptors (Lipinski definition) is 5. The molecule has 1 atom stereocenters. The highest BCUT2D eigenvalue weighted by molar-refractivity contribution is 5.90. The summed E-state index contributed by atoms with van der Waals surface area (Å²) >= 11 is 0. The molecule has 0 spiro atoms. The number of nitrogens with zero attached hydrogens (tertiary/aromatic N) is 6. The highest BCUT2D eigenvalue weighted by Gasteiger charge is 2.32. The van der Waals surface area contributed by atoms with Crippen molar-refractivity contribution in [2.75, 3.05) is 56.1 Å². The third-order valence-corrected chi connectivity index (χ3v) is 4.31. The average Bonchev–Trinajstić information content (AvgIpc) is 2.95. The number of piperazine rings is 1. The number of benzene rings is 1. The van der Waals surface area contributed by atoms with Gasteiger partial charge < -0.3 is 14.5 Å². The lowest BCUT2D eigenvalue weighted by atomic mass is 10.2. The first kappa shape index (κ1) is 16.4. The van der Waals surface area contributed by atoms with E-state index >= 15 is 0 Å². The summed E-state index contributed by atoms with van der Waals surface area (Å²) in [6.07, 6.45) is -1.06. The van der Waals surface area contributed by atoms with Crippen LogP contribution >= 0.6 is 0 Å². The molecule has 0 aromatic heterocycles. The molecule has 1 aromatic rings. The summed E-state index contributed by atoms with van der Waals surface area (Å²) in [5.41, 5.74) is 9.32. The molecule has 2 heterocycles. The van der Waals surface area contributed by atoms with Crippen LogP contribution in [0, 0.1) is 5.82 Å². The van der Waals surface area contributed by atoms with Crippen LogP contribution in [0.3, 0.4) is 0 Å². The maximum atomic E-state index is 14.5. The van der Waals surface area contributed by atoms with Crippen molar-refractivity contribution in [2.45, 2.75) is 6.10 Å². The summed E-state index contributed by atoms with van der Waals surface area (Å²) in [6.45, 7) is 3.63. The van der Waals surface area contributed by atoms with Gasteiger partial charge in [0.2, 0.25) is 0 Å². The van der Waals surface area contributed by atoms with E-state index in [1.54, 1.807) is 12.1 Å². The fourth-order valence-corrected chi connectivity index (χ4v) is 2.92. The Morgan fingerprint density at radius 2 is 2.12 bits per heavy atom. The lowest BCUT2D eigenvalue weighted by Crippen LogP contribution is -2.44. The Hall–Kier alpha value is -2.51. The van der Waals surface area contributed by atoms with Gasteiger partial charge >= 0.3 is 6.09 Å². The standard InChI is InChI=1S/C15H19FN6O2/c1-20-4-6-21(7-5-20)14-3-2-11(8-13(14)16)22-10-12(9-18-19-17)24-15(22)23/h2-3,8,12H,4-7,9-10H2,1H3/t12-/m0/s1. The van der Waals surface area contributed by atoms with E-state index in [4.69, 9.17) is 10.3 Å². The third kappa shape index (κ3) is 3.37. The maximum Gasteiger partial charge on any atom is 0.414 e. The summed E-state index contributed by atoms with van der Waals surface area (Å²) in [5, 5.41) is 3.41. The van der Waals surface area contributed by atoms with Gasteiger partial charge in [0.1, 0.15) is 11.9 Å². The van der Waals surface area contributed by atoms with E-state index in [9.17, 15) is 9.18 Å². The number of likely N-dealkylation sites (N-methyl/N-ethyl adjacent to an activating group) is 1. The lowest BCUT2D eigenvalue weighted by Gasteiger charge is -2.34. The SMILES string of the molecule is CN1CCN(c2ccc(N3C[C@H](CN=[N+]=[N-])OC3=O)cc2F)CC1. The maximum absolute atomic E-state index is 14.5. The van der Waals surface area contributed by atoms with Crippen LogP contribution in [0.4, 0.5) is 20.6 Å². The van der Waals surface area contributed by atoms with Crippen molar-refractivity contribution in [3.63, 3.8) is 0 Å². The molecular formula is C15H19FN6O2. The molecule has 2 aliphatic rings. The van der Waals surface area contributed by atoms with Crippen molar-refractivity contribution in [2.24, 2.45) is 5.11 Å². The van der Waals surface area contributed by atoms with Crippen molar-refractivity contribution < 1.29 is 13.9 Å². The Morgan fingerprint density at radius 3 is 2.79 bits per heavy atom. The fraction of sp³-hybridized carbons (Fsp3) is 0.533. The highest BCUT2D eigenvalue weighted by atomic mass is 19.1. The molecule has 2 saturated heterocycles. The van der Waals surface area contributed by atoms with E-state index in [0.29, 0.717) is 11.4 Å². The Balaban J connectivity index is 1.72. The van der Waals surface area contributed by atoms with Crippen molar-refractivity contribution in [3.05, 3.63) is 34.5 Å². The zero-order valence-corrected chi connectivity index (χ0v) is 13.4. The molecule has 8 nitrogen and oxygen atoms in total. The topological polar surface area (TPSA) is 84.8 Å². The molecule has 2 fully saturated rings. The molecule has 0 bridgehead atoms. The van der Waals surface area contributed by atoms with Gasteiger partial charge in [-0.05, 0) is 30.8 Å². The molecule has 1 amide bonds. The van der Waals surface area contributed by atoms with Gasteiger partial charge in [-0.15, -0.1) is 0 Å². The Kier molecular flexibility index (Phi) is 4.73. The molecule has 0 saturated carbocycles. The number of amides is 1. The van der Waals surface area contributed by atoms with Crippen molar-refractivity contribution in [3.8, 4) is 0 Å². The van der Waals surface area contributed by atoms with E-state index in [-0.39, 0.29) is 18.9 Å². The van der Waals surface area contributed by atoms with Crippen LogP contribution in [0.15, 0.2) is 23.3 Å². The number of rotatable bonds is 4. The third-order valence-electron chi connectivity index (χ3n) is 4.31. The molecule has 3 rings (SSSR count). The van der Waals surface area contributed by atoms with E-state index in [1.165, 1.54) is 11.0 Å². The number of azide groups is 1. The Labute approximate surface area is 139 Å². The predicted octanol–water partition coefficient (Wildman–Crippen LogP) is 2.21. The monoisotopic (exact) mass is 334 g/mol. The van der Waals surface area contributed by atoms with Gasteiger partial charge in [0, 0.05) is 31.1 Å². The number of hydrogen-bond donors (Lipinski definition) is 0. The molecule has 24 heavy (non-hydrogen) atoms. The van der Waals surface area contributed by atoms with Gasteiger partial charge in [0.05, 0.1) is 24.5 Å². The second kappa shape index (κ2) is 6.94.